The third kappa shape index (κ3) is 2.45. The fourth-order valence-electron chi connectivity index (χ4n) is 2.95. The van der Waals surface area contributed by atoms with Gasteiger partial charge in [0.15, 0.2) is 0 Å². The molecule has 2 aliphatic rings. The van der Waals surface area contributed by atoms with Crippen LogP contribution in [-0.4, -0.2) is 41.7 Å². The number of carbonyl (C=O) groups is 1. The maximum absolute atomic E-state index is 12.6. The molecule has 4 nitrogen and oxygen atoms in total. The molecule has 0 aromatic heterocycles. The molecular formula is C15H20N2O2. The van der Waals surface area contributed by atoms with E-state index in [0.29, 0.717) is 25.9 Å². The minimum atomic E-state index is -0.240. The van der Waals surface area contributed by atoms with E-state index in [-0.39, 0.29) is 12.0 Å². The number of hydrogen-bond acceptors (Lipinski definition) is 3. The van der Waals surface area contributed by atoms with Crippen LogP contribution in [0.4, 0.5) is 5.69 Å². The molecule has 1 fully saturated rings. The minimum Gasteiger partial charge on any atom is -0.393 e. The molecule has 2 heterocycles. The Balaban J connectivity index is 1.83. The lowest BCUT2D eigenvalue weighted by molar-refractivity contribution is 0.0545. The Morgan fingerprint density at radius 1 is 1.32 bits per heavy atom. The molecule has 1 aromatic carbocycles. The number of amides is 1. The molecular weight excluding hydrogens is 240 g/mol. The van der Waals surface area contributed by atoms with Crippen molar-refractivity contribution in [3.8, 4) is 0 Å². The van der Waals surface area contributed by atoms with Crippen molar-refractivity contribution < 1.29 is 9.90 Å². The van der Waals surface area contributed by atoms with Gasteiger partial charge in [0.1, 0.15) is 0 Å². The highest BCUT2D eigenvalue weighted by Gasteiger charge is 2.25. The highest BCUT2D eigenvalue weighted by molar-refractivity contribution is 5.97. The van der Waals surface area contributed by atoms with Crippen LogP contribution in [0.25, 0.3) is 0 Å². The highest BCUT2D eigenvalue weighted by atomic mass is 16.3. The maximum atomic E-state index is 12.6. The number of piperidine rings is 1. The molecule has 0 aliphatic carbocycles. The Morgan fingerprint density at radius 3 is 2.89 bits per heavy atom. The second-order valence-electron chi connectivity index (χ2n) is 5.39. The molecule has 1 saturated heterocycles. The second-order valence-corrected chi connectivity index (χ2v) is 5.39. The van der Waals surface area contributed by atoms with Crippen LogP contribution in [-0.2, 0) is 6.42 Å². The smallest absolute Gasteiger partial charge is 0.254 e. The monoisotopic (exact) mass is 260 g/mol. The standard InChI is InChI=1S/C15H20N2O2/c18-11-6-9-17(10-7-11)15(19)13-3-1-5-14-12(13)4-2-8-16-14/h1,3,5,11,16,18H,2,4,6-10H2. The first-order valence-corrected chi connectivity index (χ1v) is 7.09. The van der Waals surface area contributed by atoms with E-state index in [4.69, 9.17) is 0 Å². The summed E-state index contributed by atoms with van der Waals surface area (Å²) in [4.78, 5) is 14.5. The predicted octanol–water partition coefficient (Wildman–Crippen LogP) is 1.64. The van der Waals surface area contributed by atoms with Crippen molar-refractivity contribution in [3.05, 3.63) is 29.3 Å². The average molecular weight is 260 g/mol. The predicted molar refractivity (Wildman–Crippen MR) is 74.4 cm³/mol. The van der Waals surface area contributed by atoms with Crippen molar-refractivity contribution in [1.82, 2.24) is 4.90 Å². The topological polar surface area (TPSA) is 52.6 Å². The largest absolute Gasteiger partial charge is 0.393 e. The molecule has 2 aliphatic heterocycles. The van der Waals surface area contributed by atoms with Gasteiger partial charge in [0.05, 0.1) is 6.10 Å². The van der Waals surface area contributed by atoms with Crippen LogP contribution in [0.15, 0.2) is 18.2 Å². The van der Waals surface area contributed by atoms with Gasteiger partial charge in [0.25, 0.3) is 5.91 Å². The zero-order valence-electron chi connectivity index (χ0n) is 11.1. The van der Waals surface area contributed by atoms with Crippen molar-refractivity contribution in [2.45, 2.75) is 31.8 Å². The Morgan fingerprint density at radius 2 is 2.11 bits per heavy atom. The van der Waals surface area contributed by atoms with Crippen molar-refractivity contribution in [2.24, 2.45) is 0 Å². The van der Waals surface area contributed by atoms with E-state index in [2.05, 4.69) is 5.32 Å². The van der Waals surface area contributed by atoms with E-state index in [1.165, 1.54) is 0 Å². The van der Waals surface area contributed by atoms with Gasteiger partial charge in [-0.2, -0.15) is 0 Å². The summed E-state index contributed by atoms with van der Waals surface area (Å²) in [5.74, 6) is 0.118. The lowest BCUT2D eigenvalue weighted by Crippen LogP contribution is -2.40. The van der Waals surface area contributed by atoms with E-state index in [1.54, 1.807) is 0 Å². The van der Waals surface area contributed by atoms with Crippen molar-refractivity contribution in [1.29, 1.82) is 0 Å². The number of nitrogens with zero attached hydrogens (tertiary/aromatic N) is 1. The summed E-state index contributed by atoms with van der Waals surface area (Å²) in [6, 6.07) is 5.92. The van der Waals surface area contributed by atoms with E-state index in [0.717, 1.165) is 36.2 Å². The van der Waals surface area contributed by atoms with Crippen molar-refractivity contribution >= 4 is 11.6 Å². The summed E-state index contributed by atoms with van der Waals surface area (Å²) >= 11 is 0. The highest BCUT2D eigenvalue weighted by Crippen LogP contribution is 2.27. The number of aliphatic hydroxyl groups is 1. The first-order chi connectivity index (χ1) is 9.25. The van der Waals surface area contributed by atoms with Gasteiger partial charge in [-0.1, -0.05) is 6.07 Å². The fourth-order valence-corrected chi connectivity index (χ4v) is 2.95. The zero-order chi connectivity index (χ0) is 13.2. The molecule has 4 heteroatoms. The molecule has 102 valence electrons. The lowest BCUT2D eigenvalue weighted by atomic mass is 9.96. The van der Waals surface area contributed by atoms with E-state index in [9.17, 15) is 9.90 Å². The number of hydrogen-bond donors (Lipinski definition) is 2. The molecule has 1 aromatic rings. The zero-order valence-corrected chi connectivity index (χ0v) is 11.1. The number of fused-ring (bicyclic) bond motifs is 1. The van der Waals surface area contributed by atoms with Gasteiger partial charge < -0.3 is 15.3 Å². The number of nitrogens with one attached hydrogen (secondary N) is 1. The van der Waals surface area contributed by atoms with Crippen LogP contribution in [0.5, 0.6) is 0 Å². The molecule has 0 radical (unpaired) electrons. The molecule has 0 bridgehead atoms. The molecule has 0 saturated carbocycles. The van der Waals surface area contributed by atoms with Gasteiger partial charge in [-0.05, 0) is 43.4 Å². The van der Waals surface area contributed by atoms with Crippen molar-refractivity contribution in [3.63, 3.8) is 0 Å². The molecule has 19 heavy (non-hydrogen) atoms. The van der Waals surface area contributed by atoms with Crippen LogP contribution in [0, 0.1) is 0 Å². The number of carbonyl (C=O) groups excluding carboxylic acids is 1. The van der Waals surface area contributed by atoms with Gasteiger partial charge in [-0.25, -0.2) is 0 Å². The molecule has 0 atom stereocenters. The van der Waals surface area contributed by atoms with Crippen LogP contribution in [0.1, 0.15) is 35.2 Å². The lowest BCUT2D eigenvalue weighted by Gasteiger charge is -2.31. The fraction of sp³-hybridized carbons (Fsp3) is 0.533. The first kappa shape index (κ1) is 12.5. The Bertz CT molecular complexity index is 479. The van der Waals surface area contributed by atoms with E-state index >= 15 is 0 Å². The number of aliphatic hydroxyl groups excluding tert-OH is 1. The molecule has 0 unspecified atom stereocenters. The summed E-state index contributed by atoms with van der Waals surface area (Å²) in [5.41, 5.74) is 3.10. The van der Waals surface area contributed by atoms with E-state index < -0.39 is 0 Å². The van der Waals surface area contributed by atoms with E-state index in [1.807, 2.05) is 23.1 Å². The summed E-state index contributed by atoms with van der Waals surface area (Å²) in [5, 5.41) is 12.9. The maximum Gasteiger partial charge on any atom is 0.254 e. The van der Waals surface area contributed by atoms with Gasteiger partial charge in [0.2, 0.25) is 0 Å². The molecule has 1 amide bonds. The third-order valence-corrected chi connectivity index (χ3v) is 4.08. The average Bonchev–Trinajstić information content (AvgIpc) is 2.47. The summed E-state index contributed by atoms with van der Waals surface area (Å²) in [6.45, 7) is 2.31. The van der Waals surface area contributed by atoms with Gasteiger partial charge in [-0.15, -0.1) is 0 Å². The normalized spacial score (nSPS) is 19.7. The minimum absolute atomic E-state index is 0.118. The summed E-state index contributed by atoms with van der Waals surface area (Å²) < 4.78 is 0. The Hall–Kier alpha value is -1.55. The van der Waals surface area contributed by atoms with Crippen LogP contribution in [0.2, 0.25) is 0 Å². The number of benzene rings is 1. The van der Waals surface area contributed by atoms with Crippen molar-refractivity contribution in [2.75, 3.05) is 25.0 Å². The first-order valence-electron chi connectivity index (χ1n) is 7.09. The number of likely N-dealkylation sites (tertiary alicyclic amines) is 1. The molecule has 2 N–H and O–H groups in total. The Labute approximate surface area is 113 Å². The van der Waals surface area contributed by atoms with Crippen LogP contribution < -0.4 is 5.32 Å². The number of anilines is 1. The quantitative estimate of drug-likeness (QED) is 0.807. The van der Waals surface area contributed by atoms with Crippen LogP contribution >= 0.6 is 0 Å². The Kier molecular flexibility index (Phi) is 3.42. The van der Waals surface area contributed by atoms with Gasteiger partial charge in [-0.3, -0.25) is 4.79 Å². The van der Waals surface area contributed by atoms with Crippen LogP contribution in [0.3, 0.4) is 0 Å². The summed E-state index contributed by atoms with van der Waals surface area (Å²) in [6.07, 6.45) is 3.20. The van der Waals surface area contributed by atoms with Gasteiger partial charge in [0, 0.05) is 30.9 Å². The second kappa shape index (κ2) is 5.21. The third-order valence-electron chi connectivity index (χ3n) is 4.08. The van der Waals surface area contributed by atoms with Gasteiger partial charge >= 0.3 is 0 Å². The summed E-state index contributed by atoms with van der Waals surface area (Å²) in [7, 11) is 0. The molecule has 3 rings (SSSR count). The molecule has 0 spiro atoms. The number of rotatable bonds is 1. The SMILES string of the molecule is O=C(c1cccc2c1CCCN2)N1CCC(O)CC1.